The molecule has 0 aromatic heterocycles. The molecule has 18 heavy (non-hydrogen) atoms. The van der Waals surface area contributed by atoms with Crippen molar-refractivity contribution in [3.8, 4) is 18.1 Å². The molecule has 2 aromatic rings. The Hall–Kier alpha value is -1.98. The highest BCUT2D eigenvalue weighted by molar-refractivity contribution is 6.30. The van der Waals surface area contributed by atoms with Crippen molar-refractivity contribution in [1.82, 2.24) is 0 Å². The number of ether oxygens (including phenoxy) is 1. The molecule has 0 N–H and O–H groups in total. The normalized spacial score (nSPS) is 11.6. The summed E-state index contributed by atoms with van der Waals surface area (Å²) >= 11 is 5.62. The van der Waals surface area contributed by atoms with Crippen LogP contribution < -0.4 is 4.74 Å². The number of hydrogen-bond acceptors (Lipinski definition) is 1. The lowest BCUT2D eigenvalue weighted by atomic mass is 10.1. The van der Waals surface area contributed by atoms with Gasteiger partial charge < -0.3 is 4.74 Å². The van der Waals surface area contributed by atoms with Crippen molar-refractivity contribution >= 4 is 11.6 Å². The lowest BCUT2D eigenvalue weighted by molar-refractivity contribution is 0.264. The summed E-state index contributed by atoms with van der Waals surface area (Å²) in [5.41, 5.74) is 0.548. The van der Waals surface area contributed by atoms with Crippen LogP contribution in [-0.2, 0) is 0 Å². The summed E-state index contributed by atoms with van der Waals surface area (Å²) in [6.07, 6.45) is 4.75. The van der Waals surface area contributed by atoms with E-state index in [9.17, 15) is 4.39 Å². The lowest BCUT2D eigenvalue weighted by Crippen LogP contribution is -2.05. The molecule has 89 valence electrons. The van der Waals surface area contributed by atoms with E-state index in [-0.39, 0.29) is 5.02 Å². The van der Waals surface area contributed by atoms with Gasteiger partial charge in [0.1, 0.15) is 11.6 Å². The fourth-order valence-electron chi connectivity index (χ4n) is 1.46. The molecule has 0 aliphatic carbocycles. The third-order valence-electron chi connectivity index (χ3n) is 2.34. The average Bonchev–Trinajstić information content (AvgIpc) is 2.40. The van der Waals surface area contributed by atoms with Gasteiger partial charge in [-0.2, -0.15) is 0 Å². The van der Waals surface area contributed by atoms with Crippen LogP contribution in [0, 0.1) is 24.2 Å². The smallest absolute Gasteiger partial charge is 0.184 e. The summed E-state index contributed by atoms with van der Waals surface area (Å²) in [6, 6.07) is 14.1. The van der Waals surface area contributed by atoms with Crippen LogP contribution in [0.5, 0.6) is 5.75 Å². The van der Waals surface area contributed by atoms with Crippen LogP contribution in [-0.4, -0.2) is 0 Å². The van der Waals surface area contributed by atoms with Gasteiger partial charge in [-0.1, -0.05) is 35.7 Å². The van der Waals surface area contributed by atoms with Gasteiger partial charge >= 0.3 is 0 Å². The van der Waals surface area contributed by atoms with E-state index in [1.54, 1.807) is 30.3 Å². The van der Waals surface area contributed by atoms with Crippen LogP contribution in [0.1, 0.15) is 11.7 Å². The molecule has 0 bridgehead atoms. The summed E-state index contributed by atoms with van der Waals surface area (Å²) in [6.45, 7) is 0. The minimum atomic E-state index is -0.654. The van der Waals surface area contributed by atoms with Crippen molar-refractivity contribution in [3.05, 3.63) is 64.9 Å². The molecule has 3 heteroatoms. The molecule has 0 amide bonds. The van der Waals surface area contributed by atoms with Crippen LogP contribution in [0.2, 0.25) is 5.02 Å². The maximum atomic E-state index is 13.4. The van der Waals surface area contributed by atoms with E-state index in [1.165, 1.54) is 12.1 Å². The molecule has 2 aromatic carbocycles. The van der Waals surface area contributed by atoms with Gasteiger partial charge in [-0.3, -0.25) is 0 Å². The molecule has 1 unspecified atom stereocenters. The van der Waals surface area contributed by atoms with Crippen molar-refractivity contribution in [2.45, 2.75) is 6.10 Å². The van der Waals surface area contributed by atoms with E-state index < -0.39 is 11.9 Å². The third kappa shape index (κ3) is 2.82. The van der Waals surface area contributed by atoms with Gasteiger partial charge in [0.2, 0.25) is 0 Å². The number of halogens is 2. The molecule has 0 aliphatic rings. The van der Waals surface area contributed by atoms with Gasteiger partial charge in [-0.25, -0.2) is 4.39 Å². The van der Waals surface area contributed by atoms with Crippen molar-refractivity contribution in [2.75, 3.05) is 0 Å². The van der Waals surface area contributed by atoms with Crippen LogP contribution in [0.3, 0.4) is 0 Å². The molecule has 0 saturated carbocycles. The lowest BCUT2D eigenvalue weighted by Gasteiger charge is -2.14. The number of rotatable bonds is 3. The van der Waals surface area contributed by atoms with E-state index in [1.807, 2.05) is 0 Å². The predicted molar refractivity (Wildman–Crippen MR) is 68.9 cm³/mol. The molecule has 1 atom stereocenters. The second-order valence-electron chi connectivity index (χ2n) is 3.57. The molecule has 0 fully saturated rings. The Kier molecular flexibility index (Phi) is 3.86. The monoisotopic (exact) mass is 259 g/mol. The Bertz CT molecular complexity index is 575. The van der Waals surface area contributed by atoms with E-state index >= 15 is 0 Å². The van der Waals surface area contributed by atoms with E-state index in [4.69, 9.17) is 22.8 Å². The maximum Gasteiger partial charge on any atom is 0.184 e. The Morgan fingerprint density at radius 1 is 1.28 bits per heavy atom. The summed E-state index contributed by atoms with van der Waals surface area (Å²) in [7, 11) is 0. The highest BCUT2D eigenvalue weighted by Gasteiger charge is 2.12. The molecule has 0 spiro atoms. The summed E-state index contributed by atoms with van der Waals surface area (Å²) in [4.78, 5) is 0. The van der Waals surface area contributed by atoms with Gasteiger partial charge in [0.25, 0.3) is 0 Å². The van der Waals surface area contributed by atoms with E-state index in [2.05, 4.69) is 12.0 Å². The first kappa shape index (κ1) is 12.5. The highest BCUT2D eigenvalue weighted by Crippen LogP contribution is 2.24. The first-order valence-corrected chi connectivity index (χ1v) is 5.62. The van der Waals surface area contributed by atoms with Crippen molar-refractivity contribution in [3.63, 3.8) is 0 Å². The second kappa shape index (κ2) is 5.57. The standard InChI is InChI=1S/C15H9ClFO/c1-2-15(18-12-6-4-3-5-7-12)11-8-9-13(16)14(17)10-11/h1,4-10,15H. The van der Waals surface area contributed by atoms with Crippen LogP contribution >= 0.6 is 11.6 Å². The fourth-order valence-corrected chi connectivity index (χ4v) is 1.58. The Balaban J connectivity index is 2.24. The van der Waals surface area contributed by atoms with Crippen LogP contribution in [0.15, 0.2) is 42.5 Å². The molecule has 0 aliphatic heterocycles. The molecule has 2 rings (SSSR count). The largest absolute Gasteiger partial charge is 0.473 e. The topological polar surface area (TPSA) is 9.23 Å². The van der Waals surface area contributed by atoms with Crippen molar-refractivity contribution in [1.29, 1.82) is 0 Å². The first-order chi connectivity index (χ1) is 8.70. The zero-order chi connectivity index (χ0) is 13.0. The summed E-state index contributed by atoms with van der Waals surface area (Å²) in [5, 5.41) is 0.0591. The van der Waals surface area contributed by atoms with Gasteiger partial charge in [0.15, 0.2) is 6.10 Å². The van der Waals surface area contributed by atoms with Gasteiger partial charge in [-0.15, -0.1) is 6.42 Å². The van der Waals surface area contributed by atoms with Crippen LogP contribution in [0.4, 0.5) is 4.39 Å². The number of terminal acetylenes is 1. The van der Waals surface area contributed by atoms with Crippen molar-refractivity contribution in [2.24, 2.45) is 0 Å². The Morgan fingerprint density at radius 3 is 2.61 bits per heavy atom. The molecule has 1 radical (unpaired) electrons. The van der Waals surface area contributed by atoms with Crippen molar-refractivity contribution < 1.29 is 9.13 Å². The quantitative estimate of drug-likeness (QED) is 0.756. The Morgan fingerprint density at radius 2 is 2.00 bits per heavy atom. The molecule has 1 nitrogen and oxygen atoms in total. The fraction of sp³-hybridized carbons (Fsp3) is 0.0667. The van der Waals surface area contributed by atoms with Gasteiger partial charge in [0, 0.05) is 5.56 Å². The average molecular weight is 260 g/mol. The maximum absolute atomic E-state index is 13.4. The SMILES string of the molecule is C#CC(Oc1cc[c]cc1)c1ccc(Cl)c(F)c1. The zero-order valence-electron chi connectivity index (χ0n) is 9.36. The summed E-state index contributed by atoms with van der Waals surface area (Å²) < 4.78 is 18.9. The molecular weight excluding hydrogens is 251 g/mol. The zero-order valence-corrected chi connectivity index (χ0v) is 10.1. The number of benzene rings is 2. The highest BCUT2D eigenvalue weighted by atomic mass is 35.5. The van der Waals surface area contributed by atoms with E-state index in [0.717, 1.165) is 0 Å². The molecular formula is C15H9ClFO. The van der Waals surface area contributed by atoms with Gasteiger partial charge in [0.05, 0.1) is 5.02 Å². The van der Waals surface area contributed by atoms with Gasteiger partial charge in [-0.05, 0) is 30.3 Å². The minimum absolute atomic E-state index is 0.0591. The van der Waals surface area contributed by atoms with Crippen LogP contribution in [0.25, 0.3) is 0 Å². The predicted octanol–water partition coefficient (Wildman–Crippen LogP) is 4.03. The van der Waals surface area contributed by atoms with E-state index in [0.29, 0.717) is 11.3 Å². The Labute approximate surface area is 110 Å². The first-order valence-electron chi connectivity index (χ1n) is 5.24. The minimum Gasteiger partial charge on any atom is -0.473 e. The number of hydrogen-bond donors (Lipinski definition) is 0. The third-order valence-corrected chi connectivity index (χ3v) is 2.65. The molecule has 0 heterocycles. The summed E-state index contributed by atoms with van der Waals surface area (Å²) in [5.74, 6) is 2.56. The second-order valence-corrected chi connectivity index (χ2v) is 3.98. The molecule has 0 saturated heterocycles.